The van der Waals surface area contributed by atoms with Crippen molar-refractivity contribution in [1.29, 1.82) is 0 Å². The van der Waals surface area contributed by atoms with E-state index in [1.54, 1.807) is 6.20 Å². The van der Waals surface area contributed by atoms with Gasteiger partial charge in [-0.1, -0.05) is 13.8 Å². The van der Waals surface area contributed by atoms with Crippen LogP contribution in [0.1, 0.15) is 26.0 Å². The molecule has 1 N–H and O–H groups in total. The molecule has 2 atom stereocenters. The van der Waals surface area contributed by atoms with Crippen molar-refractivity contribution in [1.82, 2.24) is 24.7 Å². The summed E-state index contributed by atoms with van der Waals surface area (Å²) in [5.41, 5.74) is 2.03. The van der Waals surface area contributed by atoms with Crippen LogP contribution in [0.3, 0.4) is 0 Å². The molecule has 4 rings (SSSR count). The molecule has 1 saturated heterocycles. The van der Waals surface area contributed by atoms with Gasteiger partial charge in [-0.3, -0.25) is 4.68 Å². The van der Waals surface area contributed by atoms with Crippen molar-refractivity contribution in [3.05, 3.63) is 30.2 Å². The van der Waals surface area contributed by atoms with Gasteiger partial charge in [0.25, 0.3) is 0 Å². The van der Waals surface area contributed by atoms with Crippen LogP contribution in [0.15, 0.2) is 24.5 Å². The Morgan fingerprint density at radius 1 is 1.15 bits per heavy atom. The van der Waals surface area contributed by atoms with Gasteiger partial charge in [0.05, 0.1) is 11.2 Å². The molecule has 1 aliphatic rings. The number of pyridine rings is 1. The molecule has 7 nitrogen and oxygen atoms in total. The van der Waals surface area contributed by atoms with Gasteiger partial charge >= 0.3 is 0 Å². The second-order valence-electron chi connectivity index (χ2n) is 7.35. The number of nitrogens with zero attached hydrogens (tertiary/aromatic N) is 6. The van der Waals surface area contributed by atoms with Crippen LogP contribution in [0.2, 0.25) is 0 Å². The molecule has 0 radical (unpaired) electrons. The highest BCUT2D eigenvalue weighted by molar-refractivity contribution is 5.83. The fourth-order valence-corrected chi connectivity index (χ4v) is 3.54. The molecule has 0 amide bonds. The van der Waals surface area contributed by atoms with E-state index in [1.807, 2.05) is 37.0 Å². The minimum absolute atomic E-state index is 0.654. The molecule has 2 unspecified atom stereocenters. The van der Waals surface area contributed by atoms with Gasteiger partial charge in [-0.15, -0.1) is 0 Å². The maximum Gasteiger partial charge on any atom is 0.227 e. The summed E-state index contributed by atoms with van der Waals surface area (Å²) >= 11 is 0. The van der Waals surface area contributed by atoms with Gasteiger partial charge in [-0.2, -0.15) is 10.1 Å². The van der Waals surface area contributed by atoms with E-state index in [0.29, 0.717) is 5.92 Å². The Hall–Kier alpha value is -2.70. The highest BCUT2D eigenvalue weighted by Crippen LogP contribution is 2.26. The first-order valence-corrected chi connectivity index (χ1v) is 9.15. The average molecular weight is 351 g/mol. The van der Waals surface area contributed by atoms with Crippen LogP contribution in [-0.4, -0.2) is 37.8 Å². The minimum atomic E-state index is 0.654. The second kappa shape index (κ2) is 6.55. The Balaban J connectivity index is 1.56. The standard InChI is InChI=1S/C19H25N7/c1-12-6-8-26(11-13(12)2)19-20-7-5-17(23-19)22-18-9-16-15(10-21-18)14(3)24-25(16)4/h5,7,9-10,12-13H,6,8,11H2,1-4H3,(H,20,21,22,23). The summed E-state index contributed by atoms with van der Waals surface area (Å²) in [6, 6.07) is 3.88. The SMILES string of the molecule is Cc1nn(C)c2cc(Nc3ccnc(N4CCC(C)C(C)C4)n3)ncc12. The van der Waals surface area contributed by atoms with Crippen molar-refractivity contribution in [3.63, 3.8) is 0 Å². The van der Waals surface area contributed by atoms with E-state index < -0.39 is 0 Å². The van der Waals surface area contributed by atoms with Gasteiger partial charge in [0.2, 0.25) is 5.95 Å². The Morgan fingerprint density at radius 2 is 2.00 bits per heavy atom. The smallest absolute Gasteiger partial charge is 0.227 e. The van der Waals surface area contributed by atoms with Crippen molar-refractivity contribution in [3.8, 4) is 0 Å². The van der Waals surface area contributed by atoms with Crippen molar-refractivity contribution in [2.45, 2.75) is 27.2 Å². The number of anilines is 3. The van der Waals surface area contributed by atoms with Crippen LogP contribution < -0.4 is 10.2 Å². The van der Waals surface area contributed by atoms with Crippen molar-refractivity contribution in [2.75, 3.05) is 23.3 Å². The summed E-state index contributed by atoms with van der Waals surface area (Å²) in [6.45, 7) is 8.63. The molecule has 26 heavy (non-hydrogen) atoms. The Morgan fingerprint density at radius 3 is 2.81 bits per heavy atom. The van der Waals surface area contributed by atoms with E-state index in [1.165, 1.54) is 6.42 Å². The lowest BCUT2D eigenvalue weighted by Gasteiger charge is -2.35. The van der Waals surface area contributed by atoms with Gasteiger partial charge in [0.1, 0.15) is 11.6 Å². The van der Waals surface area contributed by atoms with Gasteiger partial charge in [0, 0.05) is 44.0 Å². The van der Waals surface area contributed by atoms with E-state index >= 15 is 0 Å². The second-order valence-corrected chi connectivity index (χ2v) is 7.35. The lowest BCUT2D eigenvalue weighted by molar-refractivity contribution is 0.321. The normalized spacial score (nSPS) is 20.5. The summed E-state index contributed by atoms with van der Waals surface area (Å²) in [4.78, 5) is 15.9. The number of fused-ring (bicyclic) bond motifs is 1. The molecule has 7 heteroatoms. The third kappa shape index (κ3) is 3.09. The number of aromatic nitrogens is 5. The van der Waals surface area contributed by atoms with E-state index in [0.717, 1.165) is 53.2 Å². The Bertz CT molecular complexity index is 933. The number of hydrogen-bond acceptors (Lipinski definition) is 6. The molecule has 0 aliphatic carbocycles. The minimum Gasteiger partial charge on any atom is -0.340 e. The summed E-state index contributed by atoms with van der Waals surface area (Å²) in [6.07, 6.45) is 4.84. The van der Waals surface area contributed by atoms with Gasteiger partial charge in [-0.05, 0) is 31.2 Å². The molecular weight excluding hydrogens is 326 g/mol. The Labute approximate surface area is 153 Å². The van der Waals surface area contributed by atoms with Crippen molar-refractivity contribution < 1.29 is 0 Å². The van der Waals surface area contributed by atoms with Crippen LogP contribution in [0.5, 0.6) is 0 Å². The fourth-order valence-electron chi connectivity index (χ4n) is 3.54. The lowest BCUT2D eigenvalue weighted by atomic mass is 9.89. The number of rotatable bonds is 3. The number of nitrogens with one attached hydrogen (secondary N) is 1. The van der Waals surface area contributed by atoms with Gasteiger partial charge in [0.15, 0.2) is 0 Å². The van der Waals surface area contributed by atoms with Gasteiger partial charge < -0.3 is 10.2 Å². The zero-order valence-electron chi connectivity index (χ0n) is 15.8. The highest BCUT2D eigenvalue weighted by Gasteiger charge is 2.24. The number of hydrogen-bond donors (Lipinski definition) is 1. The zero-order valence-corrected chi connectivity index (χ0v) is 15.8. The average Bonchev–Trinajstić information content (AvgIpc) is 2.91. The molecule has 3 aromatic heterocycles. The van der Waals surface area contributed by atoms with Crippen LogP contribution >= 0.6 is 0 Å². The highest BCUT2D eigenvalue weighted by atomic mass is 15.3. The monoisotopic (exact) mass is 351 g/mol. The topological polar surface area (TPSA) is 71.8 Å². The summed E-state index contributed by atoms with van der Waals surface area (Å²) < 4.78 is 1.87. The third-order valence-corrected chi connectivity index (χ3v) is 5.44. The molecule has 3 aromatic rings. The number of aryl methyl sites for hydroxylation is 2. The predicted molar refractivity (Wildman–Crippen MR) is 104 cm³/mol. The zero-order chi connectivity index (χ0) is 18.3. The van der Waals surface area contributed by atoms with E-state index in [9.17, 15) is 0 Å². The molecular formula is C19H25N7. The summed E-state index contributed by atoms with van der Waals surface area (Å²) in [7, 11) is 1.94. The molecule has 1 aliphatic heterocycles. The number of piperidine rings is 1. The molecule has 1 fully saturated rings. The largest absolute Gasteiger partial charge is 0.340 e. The van der Waals surface area contributed by atoms with E-state index in [-0.39, 0.29) is 0 Å². The lowest BCUT2D eigenvalue weighted by Crippen LogP contribution is -2.39. The van der Waals surface area contributed by atoms with Crippen molar-refractivity contribution in [2.24, 2.45) is 18.9 Å². The first-order valence-electron chi connectivity index (χ1n) is 9.15. The molecule has 0 bridgehead atoms. The summed E-state index contributed by atoms with van der Waals surface area (Å²) in [5, 5.41) is 8.81. The molecule has 136 valence electrons. The van der Waals surface area contributed by atoms with Crippen LogP contribution in [-0.2, 0) is 7.05 Å². The predicted octanol–water partition coefficient (Wildman–Crippen LogP) is 3.29. The van der Waals surface area contributed by atoms with E-state index in [2.05, 4.69) is 39.1 Å². The van der Waals surface area contributed by atoms with Crippen LogP contribution in [0, 0.1) is 18.8 Å². The van der Waals surface area contributed by atoms with E-state index in [4.69, 9.17) is 4.98 Å². The molecule has 0 spiro atoms. The first kappa shape index (κ1) is 16.8. The molecule has 0 aromatic carbocycles. The molecule has 0 saturated carbocycles. The van der Waals surface area contributed by atoms with Gasteiger partial charge in [-0.25, -0.2) is 9.97 Å². The van der Waals surface area contributed by atoms with Crippen LogP contribution in [0.25, 0.3) is 10.9 Å². The maximum absolute atomic E-state index is 4.70. The fraction of sp³-hybridized carbons (Fsp3) is 0.474. The first-order chi connectivity index (χ1) is 12.5. The maximum atomic E-state index is 4.70. The molecule has 4 heterocycles. The van der Waals surface area contributed by atoms with Crippen molar-refractivity contribution >= 4 is 28.5 Å². The third-order valence-electron chi connectivity index (χ3n) is 5.44. The van der Waals surface area contributed by atoms with Crippen LogP contribution in [0.4, 0.5) is 17.6 Å². The quantitative estimate of drug-likeness (QED) is 0.781. The summed E-state index contributed by atoms with van der Waals surface area (Å²) in [5.74, 6) is 3.70. The Kier molecular flexibility index (Phi) is 4.22.